The van der Waals surface area contributed by atoms with Gasteiger partial charge < -0.3 is 5.11 Å². The molecule has 0 bridgehead atoms. The van der Waals surface area contributed by atoms with E-state index in [1.54, 1.807) is 0 Å². The van der Waals surface area contributed by atoms with Crippen LogP contribution >= 0.6 is 0 Å². The molecule has 0 atom stereocenters. The van der Waals surface area contributed by atoms with Crippen LogP contribution in [-0.4, -0.2) is 20.6 Å². The number of carboxylic acid groups (broad SMARTS) is 1. The first-order valence-electron chi connectivity index (χ1n) is 4.73. The first kappa shape index (κ1) is 11.3. The summed E-state index contributed by atoms with van der Waals surface area (Å²) in [5, 5.41) is 8.98. The Labute approximate surface area is 95.1 Å². The monoisotopic (exact) mass is 238 g/mol. The SMILES string of the molecule is Cc1ncn(-c2ccc(F)cc2F)c1C(=O)O. The highest BCUT2D eigenvalue weighted by atomic mass is 19.1. The van der Waals surface area contributed by atoms with Gasteiger partial charge in [-0.05, 0) is 19.1 Å². The van der Waals surface area contributed by atoms with Gasteiger partial charge >= 0.3 is 5.97 Å². The van der Waals surface area contributed by atoms with Gasteiger partial charge in [-0.2, -0.15) is 0 Å². The Morgan fingerprint density at radius 1 is 1.41 bits per heavy atom. The molecule has 2 aromatic rings. The molecule has 88 valence electrons. The van der Waals surface area contributed by atoms with Gasteiger partial charge in [0.25, 0.3) is 0 Å². The van der Waals surface area contributed by atoms with Crippen LogP contribution in [0.5, 0.6) is 0 Å². The summed E-state index contributed by atoms with van der Waals surface area (Å²) in [5.74, 6) is -2.78. The molecular weight excluding hydrogens is 230 g/mol. The van der Waals surface area contributed by atoms with Crippen molar-refractivity contribution in [3.63, 3.8) is 0 Å². The predicted molar refractivity (Wildman–Crippen MR) is 55.2 cm³/mol. The normalized spacial score (nSPS) is 10.5. The predicted octanol–water partition coefficient (Wildman–Crippen LogP) is 2.16. The summed E-state index contributed by atoms with van der Waals surface area (Å²) in [4.78, 5) is 14.8. The van der Waals surface area contributed by atoms with Gasteiger partial charge in [-0.3, -0.25) is 4.57 Å². The number of imidazole rings is 1. The molecule has 0 aliphatic heterocycles. The van der Waals surface area contributed by atoms with Crippen LogP contribution in [0.2, 0.25) is 0 Å². The zero-order chi connectivity index (χ0) is 12.6. The Morgan fingerprint density at radius 3 is 2.71 bits per heavy atom. The quantitative estimate of drug-likeness (QED) is 0.872. The summed E-state index contributed by atoms with van der Waals surface area (Å²) in [6, 6.07) is 2.91. The first-order valence-corrected chi connectivity index (χ1v) is 4.73. The third-order valence-corrected chi connectivity index (χ3v) is 2.32. The van der Waals surface area contributed by atoms with E-state index in [2.05, 4.69) is 4.98 Å². The van der Waals surface area contributed by atoms with Crippen molar-refractivity contribution in [3.05, 3.63) is 47.5 Å². The molecule has 1 aromatic heterocycles. The van der Waals surface area contributed by atoms with Crippen LogP contribution in [0.1, 0.15) is 16.2 Å². The fourth-order valence-electron chi connectivity index (χ4n) is 1.55. The van der Waals surface area contributed by atoms with Crippen molar-refractivity contribution in [2.45, 2.75) is 6.92 Å². The first-order chi connectivity index (χ1) is 8.00. The van der Waals surface area contributed by atoms with Gasteiger partial charge in [0.2, 0.25) is 0 Å². The van der Waals surface area contributed by atoms with Crippen LogP contribution < -0.4 is 0 Å². The lowest BCUT2D eigenvalue weighted by Crippen LogP contribution is -2.08. The third kappa shape index (κ3) is 1.89. The second-order valence-corrected chi connectivity index (χ2v) is 3.45. The molecule has 0 radical (unpaired) electrons. The summed E-state index contributed by atoms with van der Waals surface area (Å²) in [5.41, 5.74) is 0.0705. The van der Waals surface area contributed by atoms with Crippen LogP contribution in [0.3, 0.4) is 0 Å². The molecule has 1 aromatic carbocycles. The summed E-state index contributed by atoms with van der Waals surface area (Å²) >= 11 is 0. The zero-order valence-electron chi connectivity index (χ0n) is 8.82. The number of aromatic nitrogens is 2. The van der Waals surface area contributed by atoms with Gasteiger partial charge in [0.1, 0.15) is 18.0 Å². The van der Waals surface area contributed by atoms with E-state index in [4.69, 9.17) is 5.11 Å². The molecule has 0 saturated heterocycles. The zero-order valence-corrected chi connectivity index (χ0v) is 8.82. The molecule has 4 nitrogen and oxygen atoms in total. The number of benzene rings is 1. The van der Waals surface area contributed by atoms with Gasteiger partial charge in [-0.15, -0.1) is 0 Å². The lowest BCUT2D eigenvalue weighted by molar-refractivity contribution is 0.0687. The average Bonchev–Trinajstić information content (AvgIpc) is 2.60. The molecule has 1 N–H and O–H groups in total. The van der Waals surface area contributed by atoms with Crippen LogP contribution in [0.25, 0.3) is 5.69 Å². The maximum atomic E-state index is 13.5. The smallest absolute Gasteiger partial charge is 0.354 e. The topological polar surface area (TPSA) is 55.1 Å². The number of hydrogen-bond donors (Lipinski definition) is 1. The fraction of sp³-hybridized carbons (Fsp3) is 0.0909. The molecule has 0 aliphatic carbocycles. The highest BCUT2D eigenvalue weighted by molar-refractivity contribution is 5.87. The van der Waals surface area contributed by atoms with Crippen molar-refractivity contribution in [2.75, 3.05) is 0 Å². The van der Waals surface area contributed by atoms with Gasteiger partial charge in [-0.25, -0.2) is 18.6 Å². The van der Waals surface area contributed by atoms with E-state index in [-0.39, 0.29) is 17.1 Å². The highest BCUT2D eigenvalue weighted by Crippen LogP contribution is 2.18. The summed E-state index contributed by atoms with van der Waals surface area (Å²) in [7, 11) is 0. The second kappa shape index (κ2) is 3.97. The van der Waals surface area contributed by atoms with E-state index in [0.29, 0.717) is 6.07 Å². The summed E-state index contributed by atoms with van der Waals surface area (Å²) in [6.07, 6.45) is 1.19. The lowest BCUT2D eigenvalue weighted by atomic mass is 10.2. The molecule has 0 unspecified atom stereocenters. The van der Waals surface area contributed by atoms with Gasteiger partial charge in [0, 0.05) is 6.07 Å². The van der Waals surface area contributed by atoms with Crippen LogP contribution in [-0.2, 0) is 0 Å². The second-order valence-electron chi connectivity index (χ2n) is 3.45. The molecule has 2 rings (SSSR count). The Kier molecular flexibility index (Phi) is 2.63. The van der Waals surface area contributed by atoms with Gasteiger partial charge in [-0.1, -0.05) is 0 Å². The standard InChI is InChI=1S/C11H8F2N2O2/c1-6-10(11(16)17)15(5-14-6)9-3-2-7(12)4-8(9)13/h2-5H,1H3,(H,16,17). The van der Waals surface area contributed by atoms with Crippen molar-refractivity contribution in [2.24, 2.45) is 0 Å². The molecule has 1 heterocycles. The van der Waals surface area contributed by atoms with E-state index in [9.17, 15) is 13.6 Å². The molecule has 0 fully saturated rings. The molecule has 0 amide bonds. The summed E-state index contributed by atoms with van der Waals surface area (Å²) < 4.78 is 27.3. The minimum Gasteiger partial charge on any atom is -0.477 e. The van der Waals surface area contributed by atoms with Crippen molar-refractivity contribution >= 4 is 5.97 Å². The molecule has 0 saturated carbocycles. The fourth-order valence-corrected chi connectivity index (χ4v) is 1.55. The van der Waals surface area contributed by atoms with Gasteiger partial charge in [0.05, 0.1) is 11.4 Å². The number of aryl methyl sites for hydroxylation is 1. The average molecular weight is 238 g/mol. The van der Waals surface area contributed by atoms with Crippen LogP contribution in [0.15, 0.2) is 24.5 Å². The highest BCUT2D eigenvalue weighted by Gasteiger charge is 2.18. The van der Waals surface area contributed by atoms with Crippen molar-refractivity contribution < 1.29 is 18.7 Å². The van der Waals surface area contributed by atoms with Gasteiger partial charge in [0.15, 0.2) is 5.69 Å². The van der Waals surface area contributed by atoms with E-state index in [0.717, 1.165) is 16.7 Å². The number of aromatic carboxylic acids is 1. The molecule has 0 aliphatic rings. The Morgan fingerprint density at radius 2 is 2.12 bits per heavy atom. The number of carbonyl (C=O) groups is 1. The number of rotatable bonds is 2. The van der Waals surface area contributed by atoms with Crippen LogP contribution in [0.4, 0.5) is 8.78 Å². The number of carboxylic acids is 1. The number of nitrogens with zero attached hydrogens (tertiary/aromatic N) is 2. The maximum absolute atomic E-state index is 13.5. The minimum absolute atomic E-state index is 0.0515. The van der Waals surface area contributed by atoms with Crippen molar-refractivity contribution in [1.29, 1.82) is 0 Å². The van der Waals surface area contributed by atoms with E-state index >= 15 is 0 Å². The largest absolute Gasteiger partial charge is 0.477 e. The van der Waals surface area contributed by atoms with E-state index in [1.807, 2.05) is 0 Å². The Bertz CT molecular complexity index is 593. The Balaban J connectivity index is 2.65. The van der Waals surface area contributed by atoms with Crippen LogP contribution in [0, 0.1) is 18.6 Å². The molecular formula is C11H8F2N2O2. The lowest BCUT2D eigenvalue weighted by Gasteiger charge is -2.06. The molecule has 0 spiro atoms. The molecule has 6 heteroatoms. The number of halogens is 2. The van der Waals surface area contributed by atoms with Crippen molar-refractivity contribution in [1.82, 2.24) is 9.55 Å². The van der Waals surface area contributed by atoms with E-state index in [1.165, 1.54) is 13.3 Å². The Hall–Kier alpha value is -2.24. The maximum Gasteiger partial charge on any atom is 0.354 e. The summed E-state index contributed by atoms with van der Waals surface area (Å²) in [6.45, 7) is 1.50. The molecule has 17 heavy (non-hydrogen) atoms. The van der Waals surface area contributed by atoms with Crippen molar-refractivity contribution in [3.8, 4) is 5.69 Å². The third-order valence-electron chi connectivity index (χ3n) is 2.32. The number of hydrogen-bond acceptors (Lipinski definition) is 2. The minimum atomic E-state index is -1.22. The van der Waals surface area contributed by atoms with E-state index < -0.39 is 17.6 Å².